The molecule has 2 N–H and O–H groups in total. The molecule has 3 heteroatoms. The van der Waals surface area contributed by atoms with Crippen LogP contribution >= 0.6 is 0 Å². The Morgan fingerprint density at radius 1 is 1.06 bits per heavy atom. The third-order valence-corrected chi connectivity index (χ3v) is 2.51. The molecule has 2 aromatic rings. The third-order valence-electron chi connectivity index (χ3n) is 2.51. The van der Waals surface area contributed by atoms with Crippen molar-refractivity contribution in [2.45, 2.75) is 13.8 Å². The van der Waals surface area contributed by atoms with Crippen LogP contribution in [0.4, 0.5) is 5.69 Å². The fraction of sp³-hybridized carbons (Fsp3) is 0.200. The standard InChI is InChI=1S/C15H17NO2/c1-3-17-12-5-4-6-13(10-12)18-15-9-11(2)7-8-14(15)16/h4-10H,3,16H2,1-2H3. The van der Waals surface area contributed by atoms with Crippen molar-refractivity contribution in [3.05, 3.63) is 48.0 Å². The van der Waals surface area contributed by atoms with Crippen LogP contribution < -0.4 is 15.2 Å². The minimum atomic E-state index is 0.627. The second-order valence-electron chi connectivity index (χ2n) is 4.05. The Morgan fingerprint density at radius 2 is 1.83 bits per heavy atom. The average Bonchev–Trinajstić information content (AvgIpc) is 2.35. The minimum absolute atomic E-state index is 0.627. The van der Waals surface area contributed by atoms with Gasteiger partial charge in [0.25, 0.3) is 0 Å². The fourth-order valence-electron chi connectivity index (χ4n) is 1.65. The number of rotatable bonds is 4. The molecule has 0 aliphatic heterocycles. The summed E-state index contributed by atoms with van der Waals surface area (Å²) in [4.78, 5) is 0. The molecule has 0 heterocycles. The summed E-state index contributed by atoms with van der Waals surface area (Å²) in [6.45, 7) is 4.59. The van der Waals surface area contributed by atoms with Crippen LogP contribution in [0.15, 0.2) is 42.5 Å². The molecule has 0 saturated heterocycles. The molecule has 2 rings (SSSR count). The van der Waals surface area contributed by atoms with E-state index >= 15 is 0 Å². The summed E-state index contributed by atoms with van der Waals surface area (Å²) in [5, 5.41) is 0. The van der Waals surface area contributed by atoms with Crippen LogP contribution in [-0.2, 0) is 0 Å². The highest BCUT2D eigenvalue weighted by Gasteiger charge is 2.03. The normalized spacial score (nSPS) is 10.1. The summed E-state index contributed by atoms with van der Waals surface area (Å²) in [5.41, 5.74) is 7.62. The Hall–Kier alpha value is -2.16. The molecule has 2 aromatic carbocycles. The molecule has 0 saturated carbocycles. The second-order valence-corrected chi connectivity index (χ2v) is 4.05. The predicted octanol–water partition coefficient (Wildman–Crippen LogP) is 3.77. The van der Waals surface area contributed by atoms with Gasteiger partial charge in [0.1, 0.15) is 11.5 Å². The van der Waals surface area contributed by atoms with Crippen molar-refractivity contribution in [1.82, 2.24) is 0 Å². The summed E-state index contributed by atoms with van der Waals surface area (Å²) >= 11 is 0. The Kier molecular flexibility index (Phi) is 3.72. The SMILES string of the molecule is CCOc1cccc(Oc2cc(C)ccc2N)c1. The fourth-order valence-corrected chi connectivity index (χ4v) is 1.65. The number of aryl methyl sites for hydroxylation is 1. The zero-order valence-electron chi connectivity index (χ0n) is 10.6. The molecule has 0 radical (unpaired) electrons. The molecule has 94 valence electrons. The lowest BCUT2D eigenvalue weighted by Gasteiger charge is -2.10. The number of ether oxygens (including phenoxy) is 2. The lowest BCUT2D eigenvalue weighted by atomic mass is 10.2. The van der Waals surface area contributed by atoms with E-state index < -0.39 is 0 Å². The average molecular weight is 243 g/mol. The molecular weight excluding hydrogens is 226 g/mol. The predicted molar refractivity (Wildman–Crippen MR) is 73.3 cm³/mol. The Bertz CT molecular complexity index is 538. The van der Waals surface area contributed by atoms with Crippen LogP contribution in [0.5, 0.6) is 17.2 Å². The summed E-state index contributed by atoms with van der Waals surface area (Å²) in [5.74, 6) is 2.18. The van der Waals surface area contributed by atoms with Crippen LogP contribution in [0.25, 0.3) is 0 Å². The summed E-state index contributed by atoms with van der Waals surface area (Å²) in [6.07, 6.45) is 0. The highest BCUT2D eigenvalue weighted by Crippen LogP contribution is 2.30. The van der Waals surface area contributed by atoms with E-state index in [1.807, 2.05) is 56.3 Å². The smallest absolute Gasteiger partial charge is 0.150 e. The number of hydrogen-bond acceptors (Lipinski definition) is 3. The first kappa shape index (κ1) is 12.3. The topological polar surface area (TPSA) is 44.5 Å². The first-order valence-corrected chi connectivity index (χ1v) is 5.96. The van der Waals surface area contributed by atoms with Crippen molar-refractivity contribution < 1.29 is 9.47 Å². The Morgan fingerprint density at radius 3 is 2.61 bits per heavy atom. The maximum atomic E-state index is 5.88. The van der Waals surface area contributed by atoms with Gasteiger partial charge in [0, 0.05) is 6.07 Å². The zero-order valence-corrected chi connectivity index (χ0v) is 10.6. The van der Waals surface area contributed by atoms with Gasteiger partial charge in [0.05, 0.1) is 12.3 Å². The van der Waals surface area contributed by atoms with E-state index in [1.54, 1.807) is 0 Å². The van der Waals surface area contributed by atoms with Crippen LogP contribution in [0.3, 0.4) is 0 Å². The zero-order chi connectivity index (χ0) is 13.0. The van der Waals surface area contributed by atoms with E-state index in [1.165, 1.54) is 0 Å². The quantitative estimate of drug-likeness (QED) is 0.831. The van der Waals surface area contributed by atoms with E-state index in [0.717, 1.165) is 17.1 Å². The third kappa shape index (κ3) is 2.94. The molecule has 0 aliphatic carbocycles. The minimum Gasteiger partial charge on any atom is -0.494 e. The van der Waals surface area contributed by atoms with Crippen LogP contribution in [0.1, 0.15) is 12.5 Å². The summed E-state index contributed by atoms with van der Waals surface area (Å²) in [7, 11) is 0. The molecule has 0 fully saturated rings. The van der Waals surface area contributed by atoms with Crippen LogP contribution in [-0.4, -0.2) is 6.61 Å². The number of anilines is 1. The largest absolute Gasteiger partial charge is 0.494 e. The Labute approximate surface area is 107 Å². The van der Waals surface area contributed by atoms with Crippen molar-refractivity contribution in [1.29, 1.82) is 0 Å². The molecule has 0 aromatic heterocycles. The monoisotopic (exact) mass is 243 g/mol. The van der Waals surface area contributed by atoms with Crippen molar-refractivity contribution in [3.63, 3.8) is 0 Å². The second kappa shape index (κ2) is 5.45. The number of hydrogen-bond donors (Lipinski definition) is 1. The van der Waals surface area contributed by atoms with Crippen molar-refractivity contribution in [2.24, 2.45) is 0 Å². The van der Waals surface area contributed by atoms with E-state index in [9.17, 15) is 0 Å². The van der Waals surface area contributed by atoms with Gasteiger partial charge in [-0.3, -0.25) is 0 Å². The van der Waals surface area contributed by atoms with Crippen molar-refractivity contribution >= 4 is 5.69 Å². The molecule has 0 bridgehead atoms. The van der Waals surface area contributed by atoms with E-state index in [0.29, 0.717) is 18.0 Å². The molecular formula is C15H17NO2. The van der Waals surface area contributed by atoms with E-state index in [-0.39, 0.29) is 0 Å². The number of nitrogen functional groups attached to an aromatic ring is 1. The first-order chi connectivity index (χ1) is 8.69. The van der Waals surface area contributed by atoms with Gasteiger partial charge in [0.15, 0.2) is 5.75 Å². The molecule has 0 spiro atoms. The van der Waals surface area contributed by atoms with E-state index in [2.05, 4.69) is 0 Å². The summed E-state index contributed by atoms with van der Waals surface area (Å²) < 4.78 is 11.2. The van der Waals surface area contributed by atoms with Gasteiger partial charge in [-0.25, -0.2) is 0 Å². The van der Waals surface area contributed by atoms with Crippen LogP contribution in [0.2, 0.25) is 0 Å². The molecule has 0 aliphatic rings. The van der Waals surface area contributed by atoms with Crippen LogP contribution in [0, 0.1) is 6.92 Å². The van der Waals surface area contributed by atoms with Gasteiger partial charge >= 0.3 is 0 Å². The van der Waals surface area contributed by atoms with Gasteiger partial charge in [-0.1, -0.05) is 12.1 Å². The maximum absolute atomic E-state index is 5.88. The summed E-state index contributed by atoms with van der Waals surface area (Å²) in [6, 6.07) is 13.2. The van der Waals surface area contributed by atoms with Gasteiger partial charge in [-0.15, -0.1) is 0 Å². The molecule has 18 heavy (non-hydrogen) atoms. The van der Waals surface area contributed by atoms with Gasteiger partial charge in [-0.05, 0) is 43.7 Å². The Balaban J connectivity index is 2.22. The number of benzene rings is 2. The highest BCUT2D eigenvalue weighted by atomic mass is 16.5. The lowest BCUT2D eigenvalue weighted by molar-refractivity contribution is 0.338. The highest BCUT2D eigenvalue weighted by molar-refractivity contribution is 5.55. The lowest BCUT2D eigenvalue weighted by Crippen LogP contribution is -1.94. The maximum Gasteiger partial charge on any atom is 0.150 e. The molecule has 0 unspecified atom stereocenters. The van der Waals surface area contributed by atoms with Gasteiger partial charge in [-0.2, -0.15) is 0 Å². The molecule has 0 amide bonds. The van der Waals surface area contributed by atoms with Crippen molar-refractivity contribution in [2.75, 3.05) is 12.3 Å². The molecule has 3 nitrogen and oxygen atoms in total. The number of nitrogens with two attached hydrogens (primary N) is 1. The van der Waals surface area contributed by atoms with Crippen molar-refractivity contribution in [3.8, 4) is 17.2 Å². The van der Waals surface area contributed by atoms with E-state index in [4.69, 9.17) is 15.2 Å². The van der Waals surface area contributed by atoms with Gasteiger partial charge < -0.3 is 15.2 Å². The first-order valence-electron chi connectivity index (χ1n) is 5.96. The van der Waals surface area contributed by atoms with Gasteiger partial charge in [0.2, 0.25) is 0 Å². The molecule has 0 atom stereocenters.